The van der Waals surface area contributed by atoms with Gasteiger partial charge in [-0.05, 0) is 36.8 Å². The third-order valence-electron chi connectivity index (χ3n) is 5.57. The number of hydrogen-bond donors (Lipinski definition) is 1. The zero-order valence-electron chi connectivity index (χ0n) is 18.2. The van der Waals surface area contributed by atoms with E-state index in [1.54, 1.807) is 13.0 Å². The van der Waals surface area contributed by atoms with Crippen LogP contribution in [-0.4, -0.2) is 34.9 Å². The summed E-state index contributed by atoms with van der Waals surface area (Å²) in [5, 5.41) is 23.6. The first-order valence-electron chi connectivity index (χ1n) is 10.3. The van der Waals surface area contributed by atoms with Crippen LogP contribution >= 0.6 is 0 Å². The lowest BCUT2D eigenvalue weighted by atomic mass is 9.86. The van der Waals surface area contributed by atoms with Crippen LogP contribution in [0, 0.1) is 11.6 Å². The molecule has 0 amide bonds. The smallest absolute Gasteiger partial charge is 0.381 e. The second kappa shape index (κ2) is 9.37. The molecular formula is C23H19F5N6O. The standard InChI is InChI=1S/C23H19F5N6O/c1-15(22(35,12-33-14-29-13-30-33)20-9-7-18(24)10-21(20)25)34-11-19(31-32-34)8-4-16-2-5-17(6-3-16)23(26,27)28/h2-11,13-15,35H,12H2,1H3/t15-,22-/m1/s1. The van der Waals surface area contributed by atoms with Gasteiger partial charge >= 0.3 is 6.18 Å². The van der Waals surface area contributed by atoms with Gasteiger partial charge in [0.1, 0.15) is 35.6 Å². The van der Waals surface area contributed by atoms with Crippen LogP contribution in [0.25, 0.3) is 12.2 Å². The Labute approximate surface area is 196 Å². The first kappa shape index (κ1) is 24.2. The quantitative estimate of drug-likeness (QED) is 0.386. The van der Waals surface area contributed by atoms with Gasteiger partial charge in [-0.1, -0.05) is 29.5 Å². The first-order valence-corrected chi connectivity index (χ1v) is 10.3. The zero-order chi connectivity index (χ0) is 25.2. The molecule has 2 aromatic heterocycles. The minimum atomic E-state index is -4.42. The van der Waals surface area contributed by atoms with Crippen LogP contribution < -0.4 is 0 Å². The molecule has 0 fully saturated rings. The molecule has 0 saturated heterocycles. The monoisotopic (exact) mass is 490 g/mol. The summed E-state index contributed by atoms with van der Waals surface area (Å²) >= 11 is 0. The fraction of sp³-hybridized carbons (Fsp3) is 0.217. The molecule has 0 aliphatic carbocycles. The summed E-state index contributed by atoms with van der Waals surface area (Å²) in [6, 6.07) is 6.56. The number of hydrogen-bond acceptors (Lipinski definition) is 5. The molecule has 2 aromatic carbocycles. The molecule has 0 radical (unpaired) electrons. The summed E-state index contributed by atoms with van der Waals surface area (Å²) in [6.07, 6.45) is 2.76. The fourth-order valence-electron chi connectivity index (χ4n) is 3.58. The van der Waals surface area contributed by atoms with Crippen molar-refractivity contribution in [1.82, 2.24) is 29.8 Å². The lowest BCUT2D eigenvalue weighted by Gasteiger charge is -2.34. The van der Waals surface area contributed by atoms with Crippen molar-refractivity contribution in [2.45, 2.75) is 31.3 Å². The molecule has 0 saturated carbocycles. The van der Waals surface area contributed by atoms with Crippen LogP contribution in [0.2, 0.25) is 0 Å². The molecule has 0 unspecified atom stereocenters. The minimum Gasteiger partial charge on any atom is -0.381 e. The highest BCUT2D eigenvalue weighted by molar-refractivity contribution is 5.67. The summed E-state index contributed by atoms with van der Waals surface area (Å²) in [5.41, 5.74) is -1.99. The molecule has 0 aliphatic heterocycles. The van der Waals surface area contributed by atoms with Gasteiger partial charge in [0, 0.05) is 11.6 Å². The van der Waals surface area contributed by atoms with Gasteiger partial charge in [0.05, 0.1) is 24.3 Å². The van der Waals surface area contributed by atoms with E-state index in [-0.39, 0.29) is 12.1 Å². The van der Waals surface area contributed by atoms with E-state index < -0.39 is 35.0 Å². The highest BCUT2D eigenvalue weighted by atomic mass is 19.4. The summed E-state index contributed by atoms with van der Waals surface area (Å²) in [4.78, 5) is 3.83. The Hall–Kier alpha value is -3.93. The van der Waals surface area contributed by atoms with Crippen molar-refractivity contribution in [2.24, 2.45) is 0 Å². The molecule has 12 heteroatoms. The number of alkyl halides is 3. The Morgan fingerprint density at radius 1 is 1.06 bits per heavy atom. The van der Waals surface area contributed by atoms with Crippen molar-refractivity contribution < 1.29 is 27.1 Å². The second-order valence-electron chi connectivity index (χ2n) is 7.89. The molecule has 2 atom stereocenters. The predicted molar refractivity (Wildman–Crippen MR) is 115 cm³/mol. The van der Waals surface area contributed by atoms with Gasteiger partial charge in [0.15, 0.2) is 0 Å². The lowest BCUT2D eigenvalue weighted by Crippen LogP contribution is -2.41. The van der Waals surface area contributed by atoms with Crippen molar-refractivity contribution in [3.8, 4) is 0 Å². The van der Waals surface area contributed by atoms with Crippen molar-refractivity contribution in [1.29, 1.82) is 0 Å². The third kappa shape index (κ3) is 5.27. The third-order valence-corrected chi connectivity index (χ3v) is 5.57. The molecule has 182 valence electrons. The van der Waals surface area contributed by atoms with Gasteiger partial charge < -0.3 is 5.11 Å². The molecular weight excluding hydrogens is 471 g/mol. The molecule has 4 rings (SSSR count). The van der Waals surface area contributed by atoms with Crippen molar-refractivity contribution in [2.75, 3.05) is 0 Å². The molecule has 0 aliphatic rings. The van der Waals surface area contributed by atoms with E-state index in [1.165, 1.54) is 46.4 Å². The van der Waals surface area contributed by atoms with Crippen LogP contribution in [0.5, 0.6) is 0 Å². The van der Waals surface area contributed by atoms with Crippen molar-refractivity contribution in [3.63, 3.8) is 0 Å². The number of nitrogens with zero attached hydrogens (tertiary/aromatic N) is 6. The van der Waals surface area contributed by atoms with E-state index in [4.69, 9.17) is 0 Å². The summed E-state index contributed by atoms with van der Waals surface area (Å²) in [6.45, 7) is 1.37. The summed E-state index contributed by atoms with van der Waals surface area (Å²) < 4.78 is 69.0. The number of rotatable bonds is 7. The van der Waals surface area contributed by atoms with Gasteiger partial charge in [0.25, 0.3) is 0 Å². The van der Waals surface area contributed by atoms with E-state index in [2.05, 4.69) is 20.4 Å². The van der Waals surface area contributed by atoms with Crippen LogP contribution in [-0.2, 0) is 18.3 Å². The van der Waals surface area contributed by atoms with E-state index >= 15 is 0 Å². The average molecular weight is 490 g/mol. The lowest BCUT2D eigenvalue weighted by molar-refractivity contribution is -0.137. The SMILES string of the molecule is C[C@@H](n1cc(C=Cc2ccc(C(F)(F)F)cc2)nn1)[C@](O)(Cn1cncn1)c1ccc(F)cc1F. The molecule has 0 spiro atoms. The van der Waals surface area contributed by atoms with Crippen LogP contribution in [0.1, 0.15) is 35.3 Å². The molecule has 0 bridgehead atoms. The molecule has 2 heterocycles. The van der Waals surface area contributed by atoms with Gasteiger partial charge in [0.2, 0.25) is 0 Å². The molecule has 7 nitrogen and oxygen atoms in total. The number of benzene rings is 2. The Bertz CT molecular complexity index is 1320. The van der Waals surface area contributed by atoms with Crippen LogP contribution in [0.3, 0.4) is 0 Å². The van der Waals surface area contributed by atoms with Crippen molar-refractivity contribution >= 4 is 12.2 Å². The summed E-state index contributed by atoms with van der Waals surface area (Å²) in [7, 11) is 0. The molecule has 35 heavy (non-hydrogen) atoms. The maximum Gasteiger partial charge on any atom is 0.416 e. The Morgan fingerprint density at radius 3 is 2.43 bits per heavy atom. The molecule has 1 N–H and O–H groups in total. The zero-order valence-corrected chi connectivity index (χ0v) is 18.2. The first-order chi connectivity index (χ1) is 16.6. The maximum atomic E-state index is 14.7. The van der Waals surface area contributed by atoms with Gasteiger partial charge in [-0.15, -0.1) is 5.10 Å². The van der Waals surface area contributed by atoms with E-state index in [1.807, 2.05) is 0 Å². The second-order valence-corrected chi connectivity index (χ2v) is 7.89. The van der Waals surface area contributed by atoms with Crippen LogP contribution in [0.4, 0.5) is 22.0 Å². The van der Waals surface area contributed by atoms with Gasteiger partial charge in [-0.2, -0.15) is 18.3 Å². The van der Waals surface area contributed by atoms with E-state index in [0.717, 1.165) is 24.3 Å². The van der Waals surface area contributed by atoms with E-state index in [9.17, 15) is 27.1 Å². The number of aliphatic hydroxyl groups is 1. The number of halogens is 5. The average Bonchev–Trinajstić information content (AvgIpc) is 3.49. The van der Waals surface area contributed by atoms with Gasteiger partial charge in [-0.25, -0.2) is 23.1 Å². The normalized spacial score (nSPS) is 14.8. The minimum absolute atomic E-state index is 0.167. The summed E-state index contributed by atoms with van der Waals surface area (Å²) in [5.74, 6) is -1.74. The highest BCUT2D eigenvalue weighted by Gasteiger charge is 2.41. The predicted octanol–water partition coefficient (Wildman–Crippen LogP) is 4.49. The topological polar surface area (TPSA) is 81.6 Å². The number of aromatic nitrogens is 6. The fourth-order valence-corrected chi connectivity index (χ4v) is 3.58. The molecule has 4 aromatic rings. The highest BCUT2D eigenvalue weighted by Crippen LogP contribution is 2.36. The maximum absolute atomic E-state index is 14.7. The van der Waals surface area contributed by atoms with Crippen molar-refractivity contribution in [3.05, 3.63) is 95.3 Å². The Morgan fingerprint density at radius 2 is 1.80 bits per heavy atom. The largest absolute Gasteiger partial charge is 0.416 e. The van der Waals surface area contributed by atoms with E-state index in [0.29, 0.717) is 17.3 Å². The van der Waals surface area contributed by atoms with Gasteiger partial charge in [-0.3, -0.25) is 0 Å². The van der Waals surface area contributed by atoms with Crippen LogP contribution in [0.15, 0.2) is 61.3 Å². The Balaban J connectivity index is 1.60. The Kier molecular flexibility index (Phi) is 6.48.